The third kappa shape index (κ3) is 4.60. The molecule has 0 fully saturated rings. The SMILES string of the molecule is CC(=O)CC(=O)COc1ccccc1C(=O)C(O)c1ccccc1. The Bertz CT molecular complexity index is 736. The lowest BCUT2D eigenvalue weighted by Gasteiger charge is -2.14. The van der Waals surface area contributed by atoms with Crippen LogP contribution in [0.4, 0.5) is 0 Å². The summed E-state index contributed by atoms with van der Waals surface area (Å²) >= 11 is 0. The van der Waals surface area contributed by atoms with Crippen LogP contribution >= 0.6 is 0 Å². The Morgan fingerprint density at radius 3 is 2.29 bits per heavy atom. The van der Waals surface area contributed by atoms with Gasteiger partial charge in [0, 0.05) is 0 Å². The Kier molecular flexibility index (Phi) is 5.98. The van der Waals surface area contributed by atoms with Crippen LogP contribution in [0.25, 0.3) is 0 Å². The molecule has 0 amide bonds. The number of para-hydroxylation sites is 1. The van der Waals surface area contributed by atoms with Gasteiger partial charge in [-0.2, -0.15) is 0 Å². The van der Waals surface area contributed by atoms with Crippen LogP contribution in [-0.2, 0) is 9.59 Å². The highest BCUT2D eigenvalue weighted by Crippen LogP contribution is 2.25. The second kappa shape index (κ2) is 8.17. The maximum absolute atomic E-state index is 12.5. The number of Topliss-reactive ketones (excluding diaryl/α,β-unsaturated/α-hetero) is 3. The van der Waals surface area contributed by atoms with Gasteiger partial charge in [-0.1, -0.05) is 42.5 Å². The Labute approximate surface area is 139 Å². The van der Waals surface area contributed by atoms with Crippen molar-refractivity contribution < 1.29 is 24.2 Å². The van der Waals surface area contributed by atoms with E-state index in [1.807, 2.05) is 0 Å². The van der Waals surface area contributed by atoms with E-state index in [2.05, 4.69) is 0 Å². The summed E-state index contributed by atoms with van der Waals surface area (Å²) in [5.74, 6) is -0.925. The van der Waals surface area contributed by atoms with Crippen molar-refractivity contribution in [2.45, 2.75) is 19.4 Å². The van der Waals surface area contributed by atoms with Crippen LogP contribution in [0.2, 0.25) is 0 Å². The molecule has 24 heavy (non-hydrogen) atoms. The molecular formula is C19H18O5. The van der Waals surface area contributed by atoms with E-state index in [9.17, 15) is 19.5 Å². The van der Waals surface area contributed by atoms with E-state index in [-0.39, 0.29) is 35.9 Å². The molecule has 124 valence electrons. The molecule has 0 aliphatic rings. The molecule has 2 aromatic rings. The van der Waals surface area contributed by atoms with Crippen molar-refractivity contribution in [2.75, 3.05) is 6.61 Å². The highest BCUT2D eigenvalue weighted by Gasteiger charge is 2.22. The summed E-state index contributed by atoms with van der Waals surface area (Å²) in [5.41, 5.74) is 0.662. The van der Waals surface area contributed by atoms with E-state index >= 15 is 0 Å². The molecule has 0 aromatic heterocycles. The van der Waals surface area contributed by atoms with E-state index in [4.69, 9.17) is 4.74 Å². The molecule has 0 saturated carbocycles. The van der Waals surface area contributed by atoms with Gasteiger partial charge in [0.15, 0.2) is 11.6 Å². The molecule has 2 aromatic carbocycles. The quantitative estimate of drug-likeness (QED) is 0.595. The second-order valence-corrected chi connectivity index (χ2v) is 5.38. The summed E-state index contributed by atoms with van der Waals surface area (Å²) < 4.78 is 5.37. The average Bonchev–Trinajstić information content (AvgIpc) is 2.59. The maximum Gasteiger partial charge on any atom is 0.199 e. The summed E-state index contributed by atoms with van der Waals surface area (Å²) in [4.78, 5) is 35.0. The molecule has 1 atom stereocenters. The summed E-state index contributed by atoms with van der Waals surface area (Å²) in [7, 11) is 0. The number of hydrogen-bond donors (Lipinski definition) is 1. The molecule has 1 unspecified atom stereocenters. The van der Waals surface area contributed by atoms with Gasteiger partial charge in [0.1, 0.15) is 24.2 Å². The molecule has 0 heterocycles. The van der Waals surface area contributed by atoms with Crippen LogP contribution < -0.4 is 4.74 Å². The predicted octanol–water partition coefficient (Wildman–Crippen LogP) is 2.53. The number of ether oxygens (including phenoxy) is 1. The molecule has 0 bridgehead atoms. The minimum absolute atomic E-state index is 0.185. The zero-order valence-corrected chi connectivity index (χ0v) is 13.3. The van der Waals surface area contributed by atoms with E-state index in [1.54, 1.807) is 48.5 Å². The summed E-state index contributed by atoms with van der Waals surface area (Å²) in [6, 6.07) is 14.9. The maximum atomic E-state index is 12.5. The lowest BCUT2D eigenvalue weighted by atomic mass is 9.99. The van der Waals surface area contributed by atoms with Gasteiger partial charge in [0.25, 0.3) is 0 Å². The van der Waals surface area contributed by atoms with Crippen LogP contribution in [0.15, 0.2) is 54.6 Å². The third-order valence-electron chi connectivity index (χ3n) is 3.35. The van der Waals surface area contributed by atoms with Crippen molar-refractivity contribution in [2.24, 2.45) is 0 Å². The molecule has 5 nitrogen and oxygen atoms in total. The first-order chi connectivity index (χ1) is 11.5. The Morgan fingerprint density at radius 1 is 1.00 bits per heavy atom. The number of carbonyl (C=O) groups is 3. The van der Waals surface area contributed by atoms with Gasteiger partial charge in [-0.25, -0.2) is 0 Å². The lowest BCUT2D eigenvalue weighted by Crippen LogP contribution is -2.17. The molecule has 1 N–H and O–H groups in total. The van der Waals surface area contributed by atoms with Crippen molar-refractivity contribution in [1.29, 1.82) is 0 Å². The second-order valence-electron chi connectivity index (χ2n) is 5.38. The van der Waals surface area contributed by atoms with Crippen molar-refractivity contribution in [1.82, 2.24) is 0 Å². The lowest BCUT2D eigenvalue weighted by molar-refractivity contribution is -0.127. The number of carbonyl (C=O) groups excluding carboxylic acids is 3. The Morgan fingerprint density at radius 2 is 1.62 bits per heavy atom. The van der Waals surface area contributed by atoms with Gasteiger partial charge in [-0.3, -0.25) is 14.4 Å². The van der Waals surface area contributed by atoms with Crippen molar-refractivity contribution in [3.05, 3.63) is 65.7 Å². The van der Waals surface area contributed by atoms with Crippen molar-refractivity contribution in [3.63, 3.8) is 0 Å². The van der Waals surface area contributed by atoms with Gasteiger partial charge in [-0.05, 0) is 24.6 Å². The van der Waals surface area contributed by atoms with Crippen molar-refractivity contribution >= 4 is 17.3 Å². The highest BCUT2D eigenvalue weighted by molar-refractivity contribution is 6.02. The molecule has 0 aliphatic heterocycles. The largest absolute Gasteiger partial charge is 0.485 e. The number of aliphatic hydroxyl groups excluding tert-OH is 1. The summed E-state index contributed by atoms with van der Waals surface area (Å²) in [5, 5.41) is 10.2. The molecule has 0 radical (unpaired) electrons. The monoisotopic (exact) mass is 326 g/mol. The smallest absolute Gasteiger partial charge is 0.199 e. The van der Waals surface area contributed by atoms with Gasteiger partial charge in [0.2, 0.25) is 0 Å². The molecule has 0 aliphatic carbocycles. The van der Waals surface area contributed by atoms with Crippen LogP contribution in [0, 0.1) is 0 Å². The number of aliphatic hydroxyl groups is 1. The molecule has 2 rings (SSSR count). The summed E-state index contributed by atoms with van der Waals surface area (Å²) in [6.45, 7) is 1.02. The van der Waals surface area contributed by atoms with E-state index in [0.29, 0.717) is 5.56 Å². The first-order valence-electron chi connectivity index (χ1n) is 7.49. The van der Waals surface area contributed by atoms with Gasteiger partial charge in [0.05, 0.1) is 12.0 Å². The van der Waals surface area contributed by atoms with Gasteiger partial charge < -0.3 is 9.84 Å². The van der Waals surface area contributed by atoms with Crippen molar-refractivity contribution in [3.8, 4) is 5.75 Å². The van der Waals surface area contributed by atoms with E-state index in [1.165, 1.54) is 13.0 Å². The molecule has 0 spiro atoms. The average molecular weight is 326 g/mol. The topological polar surface area (TPSA) is 80.7 Å². The number of rotatable bonds is 8. The third-order valence-corrected chi connectivity index (χ3v) is 3.35. The van der Waals surface area contributed by atoms with Gasteiger partial charge >= 0.3 is 0 Å². The fourth-order valence-electron chi connectivity index (χ4n) is 2.22. The zero-order valence-electron chi connectivity index (χ0n) is 13.3. The van der Waals surface area contributed by atoms with Crippen LogP contribution in [0.1, 0.15) is 35.4 Å². The van der Waals surface area contributed by atoms with E-state index < -0.39 is 11.9 Å². The first kappa shape index (κ1) is 17.6. The molecule has 0 saturated heterocycles. The predicted molar refractivity (Wildman–Crippen MR) is 88.0 cm³/mol. The fourth-order valence-corrected chi connectivity index (χ4v) is 2.22. The fraction of sp³-hybridized carbons (Fsp3) is 0.211. The highest BCUT2D eigenvalue weighted by atomic mass is 16.5. The Balaban J connectivity index is 2.14. The number of benzene rings is 2. The van der Waals surface area contributed by atoms with E-state index in [0.717, 1.165) is 0 Å². The van der Waals surface area contributed by atoms with Crippen LogP contribution in [-0.4, -0.2) is 29.1 Å². The van der Waals surface area contributed by atoms with Crippen LogP contribution in [0.3, 0.4) is 0 Å². The van der Waals surface area contributed by atoms with Crippen LogP contribution in [0.5, 0.6) is 5.75 Å². The van der Waals surface area contributed by atoms with Gasteiger partial charge in [-0.15, -0.1) is 0 Å². The minimum atomic E-state index is -1.32. The first-order valence-corrected chi connectivity index (χ1v) is 7.49. The summed E-state index contributed by atoms with van der Waals surface area (Å²) in [6.07, 6.45) is -1.52. The standard InChI is InChI=1S/C19H18O5/c1-13(20)11-15(21)12-24-17-10-6-5-9-16(17)19(23)18(22)14-7-3-2-4-8-14/h2-10,18,22H,11-12H2,1H3. The Hall–Kier alpha value is -2.79. The molecule has 5 heteroatoms. The minimum Gasteiger partial charge on any atom is -0.485 e. The molecular weight excluding hydrogens is 308 g/mol. The number of hydrogen-bond acceptors (Lipinski definition) is 5. The zero-order chi connectivity index (χ0) is 17.5. The normalized spacial score (nSPS) is 11.6. The number of ketones is 3.